The van der Waals surface area contributed by atoms with Crippen LogP contribution in [0, 0.1) is 0 Å². The summed E-state index contributed by atoms with van der Waals surface area (Å²) < 4.78 is 16.6. The first-order chi connectivity index (χ1) is 29.0. The number of rotatable bonds is 38. The molecule has 6 nitrogen and oxygen atoms in total. The lowest BCUT2D eigenvalue weighted by atomic mass is 10.1. The van der Waals surface area contributed by atoms with Crippen molar-refractivity contribution in [1.82, 2.24) is 0 Å². The summed E-state index contributed by atoms with van der Waals surface area (Å²) in [5, 5.41) is 0. The Bertz CT molecular complexity index is 1350. The van der Waals surface area contributed by atoms with Gasteiger partial charge in [-0.25, -0.2) is 0 Å². The molecule has 0 radical (unpaired) electrons. The smallest absolute Gasteiger partial charge is 0.306 e. The number of allylic oxidation sites excluding steroid dienone is 22. The second-order valence-corrected chi connectivity index (χ2v) is 14.2. The van der Waals surface area contributed by atoms with Crippen LogP contribution in [0.25, 0.3) is 0 Å². The molecule has 6 heteroatoms. The molecule has 328 valence electrons. The van der Waals surface area contributed by atoms with Crippen LogP contribution in [-0.4, -0.2) is 37.2 Å². The lowest BCUT2D eigenvalue weighted by Crippen LogP contribution is -2.30. The van der Waals surface area contributed by atoms with Crippen molar-refractivity contribution in [3.05, 3.63) is 134 Å². The molecule has 0 heterocycles. The van der Waals surface area contributed by atoms with E-state index < -0.39 is 6.10 Å². The van der Waals surface area contributed by atoms with Gasteiger partial charge >= 0.3 is 17.9 Å². The Balaban J connectivity index is 4.59. The van der Waals surface area contributed by atoms with Crippen molar-refractivity contribution < 1.29 is 28.6 Å². The highest BCUT2D eigenvalue weighted by Gasteiger charge is 2.19. The molecule has 0 amide bonds. The van der Waals surface area contributed by atoms with E-state index in [9.17, 15) is 14.4 Å². The molecule has 1 atom stereocenters. The molecule has 0 aliphatic carbocycles. The largest absolute Gasteiger partial charge is 0.462 e. The quantitative estimate of drug-likeness (QED) is 0.0267. The van der Waals surface area contributed by atoms with Crippen molar-refractivity contribution in [2.24, 2.45) is 0 Å². The van der Waals surface area contributed by atoms with Crippen LogP contribution < -0.4 is 0 Å². The van der Waals surface area contributed by atoms with Crippen molar-refractivity contribution >= 4 is 17.9 Å². The van der Waals surface area contributed by atoms with Crippen molar-refractivity contribution in [3.63, 3.8) is 0 Å². The van der Waals surface area contributed by atoms with Gasteiger partial charge in [0.15, 0.2) is 6.10 Å². The molecule has 0 saturated heterocycles. The van der Waals surface area contributed by atoms with Gasteiger partial charge in [0.05, 0.1) is 0 Å². The third-order valence-electron chi connectivity index (χ3n) is 8.64. The molecule has 0 aromatic heterocycles. The van der Waals surface area contributed by atoms with Crippen LogP contribution in [0.1, 0.15) is 162 Å². The fourth-order valence-electron chi connectivity index (χ4n) is 5.34. The van der Waals surface area contributed by atoms with Crippen LogP contribution in [-0.2, 0) is 28.6 Å². The topological polar surface area (TPSA) is 78.9 Å². The number of unbranched alkanes of at least 4 members (excludes halogenated alkanes) is 5. The molecule has 0 aliphatic heterocycles. The molecular formula is C53H80O6. The second-order valence-electron chi connectivity index (χ2n) is 14.2. The van der Waals surface area contributed by atoms with E-state index in [0.717, 1.165) is 103 Å². The minimum atomic E-state index is -0.840. The Morgan fingerprint density at radius 3 is 1.05 bits per heavy atom. The molecular weight excluding hydrogens is 733 g/mol. The Kier molecular flexibility index (Phi) is 42.8. The summed E-state index contributed by atoms with van der Waals surface area (Å²) in [5.41, 5.74) is 0. The van der Waals surface area contributed by atoms with E-state index in [1.807, 2.05) is 12.2 Å². The molecule has 0 N–H and O–H groups in total. The van der Waals surface area contributed by atoms with Gasteiger partial charge < -0.3 is 14.2 Å². The summed E-state index contributed by atoms with van der Waals surface area (Å²) >= 11 is 0. The lowest BCUT2D eigenvalue weighted by molar-refractivity contribution is -0.166. The maximum atomic E-state index is 12.7. The van der Waals surface area contributed by atoms with E-state index in [4.69, 9.17) is 14.2 Å². The Labute approximate surface area is 360 Å². The zero-order chi connectivity index (χ0) is 43.0. The third-order valence-corrected chi connectivity index (χ3v) is 8.64. The number of carbonyl (C=O) groups is 3. The van der Waals surface area contributed by atoms with E-state index in [2.05, 4.69) is 142 Å². The average Bonchev–Trinajstić information content (AvgIpc) is 3.23. The second kappa shape index (κ2) is 46.2. The standard InChI is InChI=1S/C53H80O6/c1-4-7-10-13-16-19-21-23-25-27-29-31-34-37-40-43-46-52(55)58-49-50(48-57-51(54)45-42-39-36-33-18-15-12-9-6-3)59-53(56)47-44-41-38-35-32-30-28-26-24-22-20-17-14-11-8-5-2/h7-12,16-20,23-26,29-33,37,40,50H,4-6,13-15,21-22,27-28,34-36,38-39,41-49H2,1-3H3/b10-7-,11-8-,12-9-,19-16-,20-17-,25-23-,26-24-,31-29-,32-30-,33-18-,40-37-. The monoisotopic (exact) mass is 813 g/mol. The van der Waals surface area contributed by atoms with E-state index >= 15 is 0 Å². The first-order valence-corrected chi connectivity index (χ1v) is 22.7. The minimum absolute atomic E-state index is 0.137. The summed E-state index contributed by atoms with van der Waals surface area (Å²) in [7, 11) is 0. The predicted octanol–water partition coefficient (Wildman–Crippen LogP) is 14.7. The first-order valence-electron chi connectivity index (χ1n) is 22.7. The molecule has 0 bridgehead atoms. The van der Waals surface area contributed by atoms with Crippen LogP contribution in [0.4, 0.5) is 0 Å². The SMILES string of the molecule is CC/C=C\C/C=C\C/C=C\C/C=C\C/C=C\CCC(=O)OCC(COC(=O)CCCC/C=C\C/C=C\CC)OC(=O)CCCCC/C=C\C/C=C\C/C=C\C/C=C\CC. The van der Waals surface area contributed by atoms with Crippen LogP contribution in [0.2, 0.25) is 0 Å². The van der Waals surface area contributed by atoms with Gasteiger partial charge in [-0.15, -0.1) is 0 Å². The van der Waals surface area contributed by atoms with Gasteiger partial charge in [0.1, 0.15) is 13.2 Å². The van der Waals surface area contributed by atoms with E-state index in [1.165, 1.54) is 0 Å². The highest BCUT2D eigenvalue weighted by Crippen LogP contribution is 2.10. The molecule has 0 rings (SSSR count). The van der Waals surface area contributed by atoms with Gasteiger partial charge in [-0.2, -0.15) is 0 Å². The van der Waals surface area contributed by atoms with Crippen molar-refractivity contribution in [1.29, 1.82) is 0 Å². The number of hydrogen-bond acceptors (Lipinski definition) is 6. The van der Waals surface area contributed by atoms with Gasteiger partial charge in [-0.1, -0.05) is 161 Å². The lowest BCUT2D eigenvalue weighted by Gasteiger charge is -2.18. The molecule has 1 unspecified atom stereocenters. The summed E-state index contributed by atoms with van der Waals surface area (Å²) in [6.07, 6.45) is 64.6. The van der Waals surface area contributed by atoms with Crippen molar-refractivity contribution in [2.75, 3.05) is 13.2 Å². The van der Waals surface area contributed by atoms with Crippen LogP contribution in [0.15, 0.2) is 134 Å². The predicted molar refractivity (Wildman–Crippen MR) is 251 cm³/mol. The van der Waals surface area contributed by atoms with Crippen molar-refractivity contribution in [2.45, 2.75) is 168 Å². The summed E-state index contributed by atoms with van der Waals surface area (Å²) in [5.74, 6) is -1.11. The normalized spacial score (nSPS) is 13.3. The highest BCUT2D eigenvalue weighted by atomic mass is 16.6. The number of carbonyl (C=O) groups excluding carboxylic acids is 3. The van der Waals surface area contributed by atoms with E-state index in [1.54, 1.807) is 0 Å². The molecule has 0 fully saturated rings. The first kappa shape index (κ1) is 54.6. The Hall–Kier alpha value is -4.45. The van der Waals surface area contributed by atoms with E-state index in [0.29, 0.717) is 19.3 Å². The van der Waals surface area contributed by atoms with Gasteiger partial charge in [-0.3, -0.25) is 14.4 Å². The fourth-order valence-corrected chi connectivity index (χ4v) is 5.34. The molecule has 0 aromatic rings. The summed E-state index contributed by atoms with van der Waals surface area (Å²) in [4.78, 5) is 37.7. The van der Waals surface area contributed by atoms with Crippen LogP contribution in [0.5, 0.6) is 0 Å². The van der Waals surface area contributed by atoms with Crippen molar-refractivity contribution in [3.8, 4) is 0 Å². The number of hydrogen-bond donors (Lipinski definition) is 0. The number of ether oxygens (including phenoxy) is 3. The molecule has 0 spiro atoms. The molecule has 59 heavy (non-hydrogen) atoms. The van der Waals surface area contributed by atoms with Gasteiger partial charge in [0.2, 0.25) is 0 Å². The van der Waals surface area contributed by atoms with Gasteiger partial charge in [-0.05, 0) is 116 Å². The molecule has 0 aromatic carbocycles. The third kappa shape index (κ3) is 44.5. The van der Waals surface area contributed by atoms with Gasteiger partial charge in [0, 0.05) is 19.3 Å². The zero-order valence-corrected chi connectivity index (χ0v) is 37.2. The maximum Gasteiger partial charge on any atom is 0.306 e. The number of esters is 3. The average molecular weight is 813 g/mol. The Morgan fingerprint density at radius 1 is 0.339 bits per heavy atom. The molecule has 0 aliphatic rings. The van der Waals surface area contributed by atoms with Gasteiger partial charge in [0.25, 0.3) is 0 Å². The van der Waals surface area contributed by atoms with Crippen LogP contribution >= 0.6 is 0 Å². The summed E-state index contributed by atoms with van der Waals surface area (Å²) in [6.45, 7) is 6.11. The molecule has 0 saturated carbocycles. The Morgan fingerprint density at radius 2 is 0.644 bits per heavy atom. The summed E-state index contributed by atoms with van der Waals surface area (Å²) in [6, 6.07) is 0. The zero-order valence-electron chi connectivity index (χ0n) is 37.2. The van der Waals surface area contributed by atoms with Crippen LogP contribution in [0.3, 0.4) is 0 Å². The fraction of sp³-hybridized carbons (Fsp3) is 0.528. The van der Waals surface area contributed by atoms with E-state index in [-0.39, 0.29) is 50.4 Å². The highest BCUT2D eigenvalue weighted by molar-refractivity contribution is 5.71. The maximum absolute atomic E-state index is 12.7. The minimum Gasteiger partial charge on any atom is -0.462 e.